The maximum absolute atomic E-state index is 13.7. The van der Waals surface area contributed by atoms with E-state index in [1.165, 1.54) is 168 Å². The zero-order chi connectivity index (χ0) is 80.8. The second-order valence-electron chi connectivity index (χ2n) is 31.5. The van der Waals surface area contributed by atoms with E-state index in [9.17, 15) is 19.2 Å². The molecule has 0 bridgehead atoms. The van der Waals surface area contributed by atoms with Crippen LogP contribution in [0.5, 0.6) is 23.0 Å². The molecule has 0 radical (unpaired) electrons. The van der Waals surface area contributed by atoms with Gasteiger partial charge in [-0.25, -0.2) is 19.2 Å². The van der Waals surface area contributed by atoms with Crippen molar-refractivity contribution in [1.82, 2.24) is 0 Å². The van der Waals surface area contributed by atoms with Gasteiger partial charge in [0.1, 0.15) is 69.0 Å². The predicted octanol–water partition coefficient (Wildman–Crippen LogP) is 25.4. The monoisotopic (exact) mass is 1640 g/mol. The first-order chi connectivity index (χ1) is 59.2. The molecule has 16 aromatic carbocycles. The first-order valence-electron chi connectivity index (χ1n) is 42.2. The highest BCUT2D eigenvalue weighted by atomic mass is 32.2. The topological polar surface area (TPSA) is 105 Å². The number of rotatable bonds is 12. The summed E-state index contributed by atoms with van der Waals surface area (Å²) in [5.74, 6) is 11.7. The number of fused-ring (bicyclic) bond motifs is 10. The average molecular weight is 1650 g/mol. The summed E-state index contributed by atoms with van der Waals surface area (Å²) in [6, 6.07) is 103. The number of esters is 4. The fraction of sp³-hybridized carbons (Fsp3) is 0.185. The molecule has 0 amide bonds. The first-order valence-corrected chi connectivity index (χ1v) is 48.5. The van der Waals surface area contributed by atoms with Crippen molar-refractivity contribution in [2.24, 2.45) is 0 Å². The molecule has 4 heterocycles. The van der Waals surface area contributed by atoms with E-state index in [2.05, 4.69) is 140 Å². The Bertz CT molecular complexity index is 6660. The van der Waals surface area contributed by atoms with Gasteiger partial charge in [0.05, 0.1) is 22.3 Å². The Morgan fingerprint density at radius 3 is 0.900 bits per heavy atom. The molecule has 0 N–H and O–H groups in total. The zero-order valence-electron chi connectivity index (χ0n) is 67.1. The molecule has 4 saturated heterocycles. The highest BCUT2D eigenvalue weighted by Crippen LogP contribution is 2.43. The van der Waals surface area contributed by atoms with Crippen LogP contribution < -0.4 is 18.9 Å². The molecular formula is C108H92O8S4+4. The molecule has 16 aromatic rings. The molecule has 0 atom stereocenters. The van der Waals surface area contributed by atoms with Gasteiger partial charge < -0.3 is 18.9 Å². The Balaban J connectivity index is 0.000000106. The van der Waals surface area contributed by atoms with Crippen LogP contribution in [0.4, 0.5) is 0 Å². The Hall–Kier alpha value is -11.6. The fourth-order valence-electron chi connectivity index (χ4n) is 18.1. The largest absolute Gasteiger partial charge is 0.422 e. The maximum Gasteiger partial charge on any atom is 0.344 e. The average Bonchev–Trinajstić information content (AvgIpc) is 0.904. The van der Waals surface area contributed by atoms with Crippen molar-refractivity contribution in [3.63, 3.8) is 0 Å². The summed E-state index contributed by atoms with van der Waals surface area (Å²) in [5.41, 5.74) is 6.95. The highest BCUT2D eigenvalue weighted by Gasteiger charge is 2.35. The van der Waals surface area contributed by atoms with E-state index < -0.39 is 0 Å². The number of benzene rings is 16. The van der Waals surface area contributed by atoms with E-state index in [1.54, 1.807) is 0 Å². The normalized spacial score (nSPS) is 15.4. The molecule has 592 valence electrons. The van der Waals surface area contributed by atoms with Crippen molar-refractivity contribution in [2.75, 3.05) is 46.0 Å². The smallest absolute Gasteiger partial charge is 0.344 e. The van der Waals surface area contributed by atoms with Crippen LogP contribution in [0.15, 0.2) is 335 Å². The van der Waals surface area contributed by atoms with Crippen molar-refractivity contribution in [3.05, 3.63) is 349 Å². The van der Waals surface area contributed by atoms with E-state index in [0.29, 0.717) is 78.0 Å². The van der Waals surface area contributed by atoms with E-state index in [0.717, 1.165) is 83.2 Å². The molecule has 8 nitrogen and oxygen atoms in total. The van der Waals surface area contributed by atoms with Gasteiger partial charge in [-0.05, 0) is 239 Å². The quantitative estimate of drug-likeness (QED) is 0.0516. The molecule has 4 aliphatic heterocycles. The lowest BCUT2D eigenvalue weighted by Crippen LogP contribution is -2.18. The number of hydrogen-bond acceptors (Lipinski definition) is 8. The summed E-state index contributed by atoms with van der Waals surface area (Å²) in [6.45, 7) is 0. The minimum Gasteiger partial charge on any atom is -0.422 e. The third-order valence-corrected chi connectivity index (χ3v) is 34.3. The van der Waals surface area contributed by atoms with Crippen LogP contribution in [0.2, 0.25) is 0 Å². The summed E-state index contributed by atoms with van der Waals surface area (Å²) >= 11 is 0. The van der Waals surface area contributed by atoms with Crippen molar-refractivity contribution in [1.29, 1.82) is 0 Å². The number of carbonyl (C=O) groups is 4. The van der Waals surface area contributed by atoms with Crippen LogP contribution in [-0.2, 0) is 66.0 Å². The molecule has 120 heavy (non-hydrogen) atoms. The summed E-state index contributed by atoms with van der Waals surface area (Å²) < 4.78 is 23.9. The molecule has 6 aliphatic rings. The highest BCUT2D eigenvalue weighted by molar-refractivity contribution is 7.98. The van der Waals surface area contributed by atoms with Crippen molar-refractivity contribution >= 4 is 165 Å². The third-order valence-electron chi connectivity index (χ3n) is 24.1. The lowest BCUT2D eigenvalue weighted by molar-refractivity contribution is -0.128. The van der Waals surface area contributed by atoms with Gasteiger partial charge in [0.2, 0.25) is 0 Å². The lowest BCUT2D eigenvalue weighted by Gasteiger charge is -2.16. The van der Waals surface area contributed by atoms with Crippen LogP contribution in [0.3, 0.4) is 0 Å². The van der Waals surface area contributed by atoms with E-state index in [1.807, 2.05) is 176 Å². The lowest BCUT2D eigenvalue weighted by atomic mass is 9.97. The molecule has 0 aromatic heterocycles. The molecule has 2 aliphatic carbocycles. The second-order valence-corrected chi connectivity index (χ2v) is 40.5. The molecule has 0 unspecified atom stereocenters. The standard InChI is InChI=1S/C30H25O2S.C29H23O2S.C25H23O2S.C24H21O2S/c31-30(29-23-12-4-2-10-21(23)20-22-11-3-5-13-24(22)29)32-27-16-17-28(33-18-8-1-9-19-33)26-15-7-6-14-25(26)27;30-29(25-13-7-10-22-18-20-8-1-2-9-21(20)19-26(22)25)31-27-14-15-28(32-16-5-6-17-32)24-12-4-3-11-23(24)27;26-25(22-13-12-18-8-2-3-9-19(18)22)27-23-14-15-24(28-16-6-1-7-17-28)21-11-5-4-10-20(21)23;25-24(21-12-11-17-7-1-2-8-18(17)21)26-22-13-14-23(27-15-5-6-16-27)20-10-4-3-9-19(20)22/h2-7,10-17,20H,1,8-9,18-19H2;1-4,7-15,18-19H,5-6,16-17H2;2-5,8-11,13-15H,1,6-7,12,16-17H2;1-4,7-10,12-14H,5-6,11,15-16H2/q4*+1. The molecule has 12 heteroatoms. The first kappa shape index (κ1) is 78.2. The van der Waals surface area contributed by atoms with Crippen LogP contribution in [0.25, 0.3) is 97.3 Å². The Morgan fingerprint density at radius 1 is 0.225 bits per heavy atom. The van der Waals surface area contributed by atoms with Crippen LogP contribution in [-0.4, -0.2) is 69.9 Å². The van der Waals surface area contributed by atoms with Gasteiger partial charge in [0.25, 0.3) is 0 Å². The summed E-state index contributed by atoms with van der Waals surface area (Å²) in [5, 5.41) is 17.2. The van der Waals surface area contributed by atoms with Crippen molar-refractivity contribution in [2.45, 2.75) is 96.6 Å². The minimum absolute atomic E-state index is 0.261. The Labute approximate surface area is 712 Å². The number of allylic oxidation sites excluding steroid dienone is 2. The molecule has 4 fully saturated rings. The van der Waals surface area contributed by atoms with Gasteiger partial charge >= 0.3 is 23.9 Å². The van der Waals surface area contributed by atoms with Crippen LogP contribution in [0.1, 0.15) is 107 Å². The van der Waals surface area contributed by atoms with Crippen LogP contribution in [0, 0.1) is 0 Å². The number of hydrogen-bond donors (Lipinski definition) is 0. The SMILES string of the molecule is O=C(Oc1ccc([S+]2CCCC2)c2ccccc12)C1=CCc2ccccc21.O=C(Oc1ccc([S+]2CCCC2)c2ccccc12)c1cccc2cc3ccccc3cc12.O=C(Oc1ccc([S+]2CCCCC2)c2ccccc12)C1=CCc2ccccc21.O=C(Oc1ccc([S+]2CCCCC2)c2ccccc12)c1c2ccccc2cc2ccccc12. The summed E-state index contributed by atoms with van der Waals surface area (Å²) in [7, 11) is 1.23. The van der Waals surface area contributed by atoms with Gasteiger partial charge in [-0.15, -0.1) is 0 Å². The molecular weight excluding hydrogens is 1550 g/mol. The van der Waals surface area contributed by atoms with Gasteiger partial charge in [0.15, 0.2) is 19.6 Å². The van der Waals surface area contributed by atoms with E-state index >= 15 is 0 Å². The van der Waals surface area contributed by atoms with Crippen LogP contribution >= 0.6 is 0 Å². The molecule has 0 saturated carbocycles. The predicted molar refractivity (Wildman–Crippen MR) is 504 cm³/mol. The fourth-order valence-corrected chi connectivity index (χ4v) is 28.1. The number of ether oxygens (including phenoxy) is 4. The Morgan fingerprint density at radius 2 is 0.508 bits per heavy atom. The number of carbonyl (C=O) groups excluding carboxylic acids is 4. The molecule has 0 spiro atoms. The third kappa shape index (κ3) is 16.3. The van der Waals surface area contributed by atoms with Crippen molar-refractivity contribution < 1.29 is 38.1 Å². The van der Waals surface area contributed by atoms with E-state index in [-0.39, 0.29) is 34.8 Å². The van der Waals surface area contributed by atoms with Gasteiger partial charge in [-0.1, -0.05) is 218 Å². The van der Waals surface area contributed by atoms with Gasteiger partial charge in [-0.3, -0.25) is 0 Å². The van der Waals surface area contributed by atoms with Gasteiger partial charge in [0, 0.05) is 86.7 Å². The maximum atomic E-state index is 13.7. The Kier molecular flexibility index (Phi) is 23.3. The van der Waals surface area contributed by atoms with Gasteiger partial charge in [-0.2, -0.15) is 0 Å². The minimum atomic E-state index is -0.313. The summed E-state index contributed by atoms with van der Waals surface area (Å²) in [4.78, 5) is 58.5. The second kappa shape index (κ2) is 35.7. The van der Waals surface area contributed by atoms with E-state index in [4.69, 9.17) is 18.9 Å². The zero-order valence-corrected chi connectivity index (χ0v) is 70.3. The summed E-state index contributed by atoms with van der Waals surface area (Å²) in [6.07, 6.45) is 18.8. The molecule has 22 rings (SSSR count). The van der Waals surface area contributed by atoms with Crippen molar-refractivity contribution in [3.8, 4) is 23.0 Å².